The number of carbonyl (C=O) groups excluding carboxylic acids is 1. The van der Waals surface area contributed by atoms with Crippen LogP contribution in [0.15, 0.2) is 12.1 Å². The fraction of sp³-hybridized carbons (Fsp3) is 0.222. The van der Waals surface area contributed by atoms with Crippen molar-refractivity contribution in [2.75, 3.05) is 5.32 Å². The number of anilines is 1. The Morgan fingerprint density at radius 2 is 2.23 bits per heavy atom. The molecule has 0 saturated carbocycles. The monoisotopic (exact) mass is 197 g/mol. The predicted octanol–water partition coefficient (Wildman–Crippen LogP) is 1.63. The van der Waals surface area contributed by atoms with Crippen molar-refractivity contribution in [1.82, 2.24) is 0 Å². The maximum Gasteiger partial charge on any atom is 0.257 e. The molecule has 1 aliphatic heterocycles. The van der Waals surface area contributed by atoms with E-state index in [9.17, 15) is 9.90 Å². The zero-order valence-electron chi connectivity index (χ0n) is 6.97. The summed E-state index contributed by atoms with van der Waals surface area (Å²) in [4.78, 5) is 11.1. The summed E-state index contributed by atoms with van der Waals surface area (Å²) in [7, 11) is 0. The van der Waals surface area contributed by atoms with E-state index in [2.05, 4.69) is 5.32 Å². The summed E-state index contributed by atoms with van der Waals surface area (Å²) >= 11 is 5.88. The lowest BCUT2D eigenvalue weighted by atomic mass is 10.1. The molecule has 0 radical (unpaired) electrons. The van der Waals surface area contributed by atoms with Gasteiger partial charge >= 0.3 is 0 Å². The lowest BCUT2D eigenvalue weighted by Gasteiger charge is -2.03. The second-order valence-electron chi connectivity index (χ2n) is 3.10. The third-order valence-electron chi connectivity index (χ3n) is 2.06. The minimum Gasteiger partial charge on any atom is -0.378 e. The first-order chi connectivity index (χ1) is 6.09. The average molecular weight is 198 g/mol. The van der Waals surface area contributed by atoms with Crippen LogP contribution in [0.3, 0.4) is 0 Å². The van der Waals surface area contributed by atoms with Gasteiger partial charge in [-0.1, -0.05) is 17.7 Å². The van der Waals surface area contributed by atoms with Crippen molar-refractivity contribution in [2.24, 2.45) is 0 Å². The second-order valence-corrected chi connectivity index (χ2v) is 3.51. The molecule has 1 aromatic rings. The molecule has 1 amide bonds. The van der Waals surface area contributed by atoms with Crippen molar-refractivity contribution < 1.29 is 9.90 Å². The number of aliphatic hydroxyl groups excluding tert-OH is 1. The zero-order valence-corrected chi connectivity index (χ0v) is 7.72. The summed E-state index contributed by atoms with van der Waals surface area (Å²) in [5.74, 6) is -0.414. The van der Waals surface area contributed by atoms with E-state index in [-0.39, 0.29) is 0 Å². The third-order valence-corrected chi connectivity index (χ3v) is 2.35. The van der Waals surface area contributed by atoms with Gasteiger partial charge in [-0.05, 0) is 18.6 Å². The van der Waals surface area contributed by atoms with Gasteiger partial charge in [0, 0.05) is 5.56 Å². The van der Waals surface area contributed by atoms with Crippen molar-refractivity contribution in [3.8, 4) is 0 Å². The zero-order chi connectivity index (χ0) is 9.59. The van der Waals surface area contributed by atoms with E-state index < -0.39 is 12.0 Å². The third kappa shape index (κ3) is 1.20. The minimum absolute atomic E-state index is 0.414. The highest BCUT2D eigenvalue weighted by molar-refractivity contribution is 6.34. The van der Waals surface area contributed by atoms with Gasteiger partial charge in [-0.25, -0.2) is 0 Å². The van der Waals surface area contributed by atoms with Crippen LogP contribution in [-0.4, -0.2) is 11.0 Å². The van der Waals surface area contributed by atoms with Gasteiger partial charge in [0.2, 0.25) is 0 Å². The average Bonchev–Trinajstić information content (AvgIpc) is 2.32. The molecule has 1 heterocycles. The normalized spacial score (nSPS) is 19.9. The number of hydrogen-bond acceptors (Lipinski definition) is 2. The number of hydrogen-bond donors (Lipinski definition) is 2. The van der Waals surface area contributed by atoms with Crippen LogP contribution in [-0.2, 0) is 4.79 Å². The molecule has 0 aliphatic carbocycles. The first-order valence-electron chi connectivity index (χ1n) is 3.88. The summed E-state index contributed by atoms with van der Waals surface area (Å²) in [6.45, 7) is 1.86. The fourth-order valence-corrected chi connectivity index (χ4v) is 1.78. The SMILES string of the molecule is Cc1cc(Cl)c2c(c1)C(O)C(=O)N2. The first kappa shape index (κ1) is 8.53. The number of carbonyl (C=O) groups is 1. The number of fused-ring (bicyclic) bond motifs is 1. The van der Waals surface area contributed by atoms with Crippen LogP contribution in [0.1, 0.15) is 17.2 Å². The highest BCUT2D eigenvalue weighted by Crippen LogP contribution is 2.37. The molecule has 0 bridgehead atoms. The van der Waals surface area contributed by atoms with Crippen molar-refractivity contribution in [1.29, 1.82) is 0 Å². The van der Waals surface area contributed by atoms with Crippen LogP contribution in [0.4, 0.5) is 5.69 Å². The molecule has 13 heavy (non-hydrogen) atoms. The molecule has 0 fully saturated rings. The highest BCUT2D eigenvalue weighted by Gasteiger charge is 2.30. The van der Waals surface area contributed by atoms with Crippen LogP contribution in [0.5, 0.6) is 0 Å². The summed E-state index contributed by atoms with van der Waals surface area (Å²) in [6.07, 6.45) is -1.08. The number of aliphatic hydroxyl groups is 1. The Labute approximate surface area is 80.3 Å². The molecule has 0 saturated heterocycles. The van der Waals surface area contributed by atoms with E-state index in [1.165, 1.54) is 0 Å². The minimum atomic E-state index is -1.08. The summed E-state index contributed by atoms with van der Waals surface area (Å²) in [5.41, 5.74) is 2.03. The standard InChI is InChI=1S/C9H8ClNO2/c1-4-2-5-7(6(10)3-4)11-9(13)8(5)12/h2-3,8,12H,1H3,(H,11,13). The van der Waals surface area contributed by atoms with Crippen LogP contribution < -0.4 is 5.32 Å². The first-order valence-corrected chi connectivity index (χ1v) is 4.26. The number of benzene rings is 1. The summed E-state index contributed by atoms with van der Waals surface area (Å²) in [6, 6.07) is 3.50. The van der Waals surface area contributed by atoms with E-state index in [0.29, 0.717) is 16.3 Å². The van der Waals surface area contributed by atoms with Gasteiger partial charge < -0.3 is 10.4 Å². The second kappa shape index (κ2) is 2.72. The van der Waals surface area contributed by atoms with Gasteiger partial charge in [0.1, 0.15) is 0 Å². The molecule has 0 aromatic heterocycles. The largest absolute Gasteiger partial charge is 0.378 e. The molecule has 1 unspecified atom stereocenters. The van der Waals surface area contributed by atoms with E-state index in [0.717, 1.165) is 5.56 Å². The Hall–Kier alpha value is -1.06. The Bertz CT molecular complexity index is 389. The molecule has 3 nitrogen and oxygen atoms in total. The Morgan fingerprint density at radius 3 is 2.92 bits per heavy atom. The number of halogens is 1. The van der Waals surface area contributed by atoms with Gasteiger partial charge in [0.25, 0.3) is 5.91 Å². The molecule has 2 N–H and O–H groups in total. The topological polar surface area (TPSA) is 49.3 Å². The lowest BCUT2D eigenvalue weighted by Crippen LogP contribution is -2.10. The smallest absolute Gasteiger partial charge is 0.257 e. The lowest BCUT2D eigenvalue weighted by molar-refractivity contribution is -0.123. The molecule has 1 atom stereocenters. The van der Waals surface area contributed by atoms with Gasteiger partial charge in [-0.15, -0.1) is 0 Å². The van der Waals surface area contributed by atoms with E-state index in [1.807, 2.05) is 6.92 Å². The van der Waals surface area contributed by atoms with Crippen LogP contribution in [0.25, 0.3) is 0 Å². The highest BCUT2D eigenvalue weighted by atomic mass is 35.5. The maximum atomic E-state index is 11.1. The van der Waals surface area contributed by atoms with Gasteiger partial charge in [0.15, 0.2) is 6.10 Å². The Balaban J connectivity index is 2.63. The van der Waals surface area contributed by atoms with Crippen molar-refractivity contribution in [3.63, 3.8) is 0 Å². The van der Waals surface area contributed by atoms with Crippen molar-refractivity contribution in [2.45, 2.75) is 13.0 Å². The predicted molar refractivity (Wildman–Crippen MR) is 49.8 cm³/mol. The number of amides is 1. The molecule has 2 rings (SSSR count). The number of aryl methyl sites for hydroxylation is 1. The summed E-state index contributed by atoms with van der Waals surface area (Å²) in [5, 5.41) is 12.4. The van der Waals surface area contributed by atoms with E-state index in [4.69, 9.17) is 11.6 Å². The molecule has 1 aliphatic rings. The van der Waals surface area contributed by atoms with Crippen molar-refractivity contribution in [3.05, 3.63) is 28.3 Å². The molecule has 0 spiro atoms. The molecule has 1 aromatic carbocycles. The Morgan fingerprint density at radius 1 is 1.54 bits per heavy atom. The molecule has 68 valence electrons. The van der Waals surface area contributed by atoms with Crippen molar-refractivity contribution >= 4 is 23.2 Å². The Kier molecular flexibility index (Phi) is 1.78. The molecular weight excluding hydrogens is 190 g/mol. The van der Waals surface area contributed by atoms with Crippen LogP contribution in [0, 0.1) is 6.92 Å². The van der Waals surface area contributed by atoms with Crippen LogP contribution >= 0.6 is 11.6 Å². The van der Waals surface area contributed by atoms with E-state index in [1.54, 1.807) is 12.1 Å². The molecular formula is C9H8ClNO2. The molecule has 4 heteroatoms. The maximum absolute atomic E-state index is 11.1. The number of nitrogens with one attached hydrogen (secondary N) is 1. The van der Waals surface area contributed by atoms with Crippen LogP contribution in [0.2, 0.25) is 5.02 Å². The summed E-state index contributed by atoms with van der Waals surface area (Å²) < 4.78 is 0. The quantitative estimate of drug-likeness (QED) is 0.664. The van der Waals surface area contributed by atoms with Gasteiger partial charge in [0.05, 0.1) is 10.7 Å². The van der Waals surface area contributed by atoms with Gasteiger partial charge in [-0.3, -0.25) is 4.79 Å². The fourth-order valence-electron chi connectivity index (χ4n) is 1.45. The van der Waals surface area contributed by atoms with E-state index >= 15 is 0 Å². The number of rotatable bonds is 0. The van der Waals surface area contributed by atoms with Gasteiger partial charge in [-0.2, -0.15) is 0 Å².